The second-order valence-electron chi connectivity index (χ2n) is 5.90. The zero-order valence-electron chi connectivity index (χ0n) is 13.7. The zero-order valence-corrected chi connectivity index (χ0v) is 16.0. The number of carbonyl (C=O) groups is 1. The Bertz CT molecular complexity index is 866. The summed E-state index contributed by atoms with van der Waals surface area (Å²) in [6, 6.07) is 10.5. The fraction of sp³-hybridized carbons (Fsp3) is 0.235. The lowest BCUT2D eigenvalue weighted by Crippen LogP contribution is -2.14. The Labute approximate surface area is 157 Å². The van der Waals surface area contributed by atoms with Crippen molar-refractivity contribution in [1.82, 2.24) is 0 Å². The summed E-state index contributed by atoms with van der Waals surface area (Å²) in [5, 5.41) is 3.20. The highest BCUT2D eigenvalue weighted by atomic mass is 35.5. The van der Waals surface area contributed by atoms with E-state index in [-0.39, 0.29) is 26.8 Å². The van der Waals surface area contributed by atoms with Gasteiger partial charge in [-0.15, -0.1) is 0 Å². The summed E-state index contributed by atoms with van der Waals surface area (Å²) in [6.07, 6.45) is 0.422. The van der Waals surface area contributed by atoms with E-state index in [0.29, 0.717) is 17.8 Å². The van der Waals surface area contributed by atoms with Gasteiger partial charge in [-0.3, -0.25) is 9.52 Å². The van der Waals surface area contributed by atoms with E-state index in [1.165, 1.54) is 18.2 Å². The molecule has 1 amide bonds. The third kappa shape index (κ3) is 5.63. The third-order valence-electron chi connectivity index (χ3n) is 3.22. The summed E-state index contributed by atoms with van der Waals surface area (Å²) in [7, 11) is -3.78. The van der Waals surface area contributed by atoms with Crippen molar-refractivity contribution < 1.29 is 13.2 Å². The molecule has 0 unspecified atom stereocenters. The van der Waals surface area contributed by atoms with Crippen LogP contribution in [0.25, 0.3) is 0 Å². The van der Waals surface area contributed by atoms with Gasteiger partial charge >= 0.3 is 0 Å². The van der Waals surface area contributed by atoms with Crippen molar-refractivity contribution in [1.29, 1.82) is 0 Å². The van der Waals surface area contributed by atoms with Crippen LogP contribution in [0.15, 0.2) is 47.4 Å². The van der Waals surface area contributed by atoms with Gasteiger partial charge in [0.05, 0.1) is 14.9 Å². The van der Waals surface area contributed by atoms with E-state index in [4.69, 9.17) is 23.2 Å². The highest BCUT2D eigenvalue weighted by molar-refractivity contribution is 7.92. The number of benzene rings is 2. The van der Waals surface area contributed by atoms with Crippen LogP contribution in [0.3, 0.4) is 0 Å². The Morgan fingerprint density at radius 1 is 1.00 bits per heavy atom. The molecule has 0 aliphatic carbocycles. The first-order valence-electron chi connectivity index (χ1n) is 7.55. The summed E-state index contributed by atoms with van der Waals surface area (Å²) in [6.45, 7) is 3.92. The fourth-order valence-electron chi connectivity index (χ4n) is 2.06. The summed E-state index contributed by atoms with van der Waals surface area (Å²) in [5.74, 6) is 0.177. The maximum atomic E-state index is 12.4. The minimum Gasteiger partial charge on any atom is -0.326 e. The van der Waals surface area contributed by atoms with Crippen molar-refractivity contribution in [2.75, 3.05) is 10.0 Å². The van der Waals surface area contributed by atoms with E-state index in [1.807, 2.05) is 13.8 Å². The SMILES string of the molecule is CC(C)CC(=O)Nc1ccc(NS(=O)(=O)c2ccc(Cl)c(Cl)c2)cc1. The summed E-state index contributed by atoms with van der Waals surface area (Å²) >= 11 is 11.7. The molecule has 0 saturated carbocycles. The topological polar surface area (TPSA) is 75.3 Å². The molecule has 0 spiro atoms. The van der Waals surface area contributed by atoms with Crippen LogP contribution in [-0.2, 0) is 14.8 Å². The van der Waals surface area contributed by atoms with Gasteiger partial charge in [-0.05, 0) is 48.4 Å². The molecule has 0 fully saturated rings. The first-order chi connectivity index (χ1) is 11.7. The molecule has 25 heavy (non-hydrogen) atoms. The second kappa shape index (κ2) is 8.08. The van der Waals surface area contributed by atoms with Gasteiger partial charge in [0.15, 0.2) is 0 Å². The van der Waals surface area contributed by atoms with E-state index >= 15 is 0 Å². The maximum Gasteiger partial charge on any atom is 0.261 e. The number of rotatable bonds is 6. The number of nitrogens with one attached hydrogen (secondary N) is 2. The quantitative estimate of drug-likeness (QED) is 0.732. The first-order valence-corrected chi connectivity index (χ1v) is 9.79. The van der Waals surface area contributed by atoms with Gasteiger partial charge in [0.2, 0.25) is 5.91 Å². The van der Waals surface area contributed by atoms with Gasteiger partial charge in [0, 0.05) is 17.8 Å². The van der Waals surface area contributed by atoms with Gasteiger partial charge in [0.25, 0.3) is 10.0 Å². The molecule has 0 radical (unpaired) electrons. The molecule has 0 aliphatic heterocycles. The van der Waals surface area contributed by atoms with Crippen LogP contribution in [0.4, 0.5) is 11.4 Å². The maximum absolute atomic E-state index is 12.4. The summed E-state index contributed by atoms with van der Waals surface area (Å²) < 4.78 is 27.2. The van der Waals surface area contributed by atoms with Crippen molar-refractivity contribution in [3.05, 3.63) is 52.5 Å². The zero-order chi connectivity index (χ0) is 18.6. The molecule has 2 aromatic carbocycles. The lowest BCUT2D eigenvalue weighted by molar-refractivity contribution is -0.116. The molecule has 0 aromatic heterocycles. The average molecular weight is 401 g/mol. The van der Waals surface area contributed by atoms with E-state index in [2.05, 4.69) is 10.0 Å². The Morgan fingerprint density at radius 2 is 1.60 bits per heavy atom. The molecule has 134 valence electrons. The molecular formula is C17H18Cl2N2O3S. The highest BCUT2D eigenvalue weighted by Gasteiger charge is 2.15. The Kier molecular flexibility index (Phi) is 6.32. The lowest BCUT2D eigenvalue weighted by atomic mass is 10.1. The Balaban J connectivity index is 2.09. The minimum absolute atomic E-state index is 0.0104. The average Bonchev–Trinajstić information content (AvgIpc) is 2.50. The number of sulfonamides is 1. The van der Waals surface area contributed by atoms with Crippen LogP contribution >= 0.6 is 23.2 Å². The Hall–Kier alpha value is -1.76. The number of anilines is 2. The van der Waals surface area contributed by atoms with Gasteiger partial charge in [0.1, 0.15) is 0 Å². The van der Waals surface area contributed by atoms with Crippen LogP contribution < -0.4 is 10.0 Å². The van der Waals surface area contributed by atoms with Crippen molar-refractivity contribution in [2.45, 2.75) is 25.2 Å². The molecule has 0 atom stereocenters. The molecule has 0 heterocycles. The van der Waals surface area contributed by atoms with Crippen molar-refractivity contribution in [2.24, 2.45) is 5.92 Å². The smallest absolute Gasteiger partial charge is 0.261 e. The molecule has 5 nitrogen and oxygen atoms in total. The fourth-order valence-corrected chi connectivity index (χ4v) is 3.51. The first kappa shape index (κ1) is 19.6. The number of halogens is 2. The molecular weight excluding hydrogens is 383 g/mol. The van der Waals surface area contributed by atoms with E-state index in [0.717, 1.165) is 0 Å². The number of hydrogen-bond acceptors (Lipinski definition) is 3. The highest BCUT2D eigenvalue weighted by Crippen LogP contribution is 2.26. The lowest BCUT2D eigenvalue weighted by Gasteiger charge is -2.11. The third-order valence-corrected chi connectivity index (χ3v) is 5.33. The van der Waals surface area contributed by atoms with E-state index in [9.17, 15) is 13.2 Å². The van der Waals surface area contributed by atoms with E-state index in [1.54, 1.807) is 24.3 Å². The number of carbonyl (C=O) groups excluding carboxylic acids is 1. The standard InChI is InChI=1S/C17H18Cl2N2O3S/c1-11(2)9-17(22)20-12-3-5-13(6-4-12)21-25(23,24)14-7-8-15(18)16(19)10-14/h3-8,10-11,21H,9H2,1-2H3,(H,20,22). The molecule has 0 bridgehead atoms. The molecule has 2 aromatic rings. The number of amides is 1. The van der Waals surface area contributed by atoms with Crippen LogP contribution in [0.1, 0.15) is 20.3 Å². The number of hydrogen-bond donors (Lipinski definition) is 2. The van der Waals surface area contributed by atoms with Gasteiger partial charge in [-0.25, -0.2) is 8.42 Å². The molecule has 2 rings (SSSR count). The summed E-state index contributed by atoms with van der Waals surface area (Å²) in [5.41, 5.74) is 0.969. The largest absolute Gasteiger partial charge is 0.326 e. The van der Waals surface area contributed by atoms with Crippen LogP contribution in [0, 0.1) is 5.92 Å². The van der Waals surface area contributed by atoms with Crippen LogP contribution in [0.2, 0.25) is 10.0 Å². The van der Waals surface area contributed by atoms with Crippen LogP contribution in [0.5, 0.6) is 0 Å². The molecule has 0 aliphatic rings. The molecule has 2 N–H and O–H groups in total. The van der Waals surface area contributed by atoms with Crippen molar-refractivity contribution in [3.8, 4) is 0 Å². The summed E-state index contributed by atoms with van der Waals surface area (Å²) in [4.78, 5) is 11.7. The Morgan fingerprint density at radius 3 is 2.16 bits per heavy atom. The predicted octanol–water partition coefficient (Wildman–Crippen LogP) is 4.78. The van der Waals surface area contributed by atoms with Crippen LogP contribution in [-0.4, -0.2) is 14.3 Å². The normalized spacial score (nSPS) is 11.4. The van der Waals surface area contributed by atoms with Crippen molar-refractivity contribution in [3.63, 3.8) is 0 Å². The predicted molar refractivity (Wildman–Crippen MR) is 102 cm³/mol. The van der Waals surface area contributed by atoms with Gasteiger partial charge < -0.3 is 5.32 Å². The second-order valence-corrected chi connectivity index (χ2v) is 8.40. The monoisotopic (exact) mass is 400 g/mol. The van der Waals surface area contributed by atoms with Crippen molar-refractivity contribution >= 4 is 50.5 Å². The van der Waals surface area contributed by atoms with Gasteiger partial charge in [-0.1, -0.05) is 37.0 Å². The van der Waals surface area contributed by atoms with Gasteiger partial charge in [-0.2, -0.15) is 0 Å². The molecule has 0 saturated heterocycles. The minimum atomic E-state index is -3.78. The van der Waals surface area contributed by atoms with E-state index < -0.39 is 10.0 Å². The molecule has 8 heteroatoms.